The summed E-state index contributed by atoms with van der Waals surface area (Å²) < 4.78 is 0.508. The van der Waals surface area contributed by atoms with E-state index in [1.165, 1.54) is 38.6 Å². The van der Waals surface area contributed by atoms with Gasteiger partial charge in [0.05, 0.1) is 6.10 Å². The Labute approximate surface area is 110 Å². The van der Waals surface area contributed by atoms with Crippen molar-refractivity contribution in [2.45, 2.75) is 74.7 Å². The second kappa shape index (κ2) is 6.44. The largest absolute Gasteiger partial charge is 0.393 e. The molecule has 0 aromatic heterocycles. The molecule has 2 aliphatic rings. The Morgan fingerprint density at radius 3 is 2.35 bits per heavy atom. The molecule has 2 N–H and O–H groups in total. The van der Waals surface area contributed by atoms with Crippen molar-refractivity contribution in [2.75, 3.05) is 12.8 Å². The van der Waals surface area contributed by atoms with E-state index in [1.807, 2.05) is 0 Å². The second-order valence-corrected chi connectivity index (χ2v) is 7.11. The predicted molar refractivity (Wildman–Crippen MR) is 75.6 cm³/mol. The molecule has 2 aliphatic carbocycles. The van der Waals surface area contributed by atoms with Gasteiger partial charge in [0.2, 0.25) is 0 Å². The highest BCUT2D eigenvalue weighted by molar-refractivity contribution is 8.00. The molecule has 0 aromatic rings. The van der Waals surface area contributed by atoms with Crippen LogP contribution in [0.5, 0.6) is 0 Å². The molecule has 2 fully saturated rings. The number of hydrogen-bond acceptors (Lipinski definition) is 3. The highest BCUT2D eigenvalue weighted by Crippen LogP contribution is 2.38. The van der Waals surface area contributed by atoms with Gasteiger partial charge in [0.25, 0.3) is 0 Å². The van der Waals surface area contributed by atoms with Crippen molar-refractivity contribution in [1.29, 1.82) is 0 Å². The third-order valence-corrected chi connectivity index (χ3v) is 6.03. The van der Waals surface area contributed by atoms with E-state index in [0.29, 0.717) is 10.8 Å². The van der Waals surface area contributed by atoms with Crippen molar-refractivity contribution < 1.29 is 5.11 Å². The summed E-state index contributed by atoms with van der Waals surface area (Å²) >= 11 is 2.07. The highest BCUT2D eigenvalue weighted by Gasteiger charge is 2.32. The summed E-state index contributed by atoms with van der Waals surface area (Å²) in [5, 5.41) is 13.3. The lowest BCUT2D eigenvalue weighted by molar-refractivity contribution is 0.116. The molecule has 0 saturated heterocycles. The van der Waals surface area contributed by atoms with Gasteiger partial charge in [-0.25, -0.2) is 0 Å². The first-order valence-electron chi connectivity index (χ1n) is 7.21. The Kier molecular flexibility index (Phi) is 5.19. The zero-order chi connectivity index (χ0) is 12.1. The molecule has 0 unspecified atom stereocenters. The van der Waals surface area contributed by atoms with Crippen LogP contribution < -0.4 is 5.32 Å². The Morgan fingerprint density at radius 1 is 1.12 bits per heavy atom. The number of aliphatic hydroxyl groups excluding tert-OH is 1. The summed E-state index contributed by atoms with van der Waals surface area (Å²) in [6, 6.07) is 0.657. The van der Waals surface area contributed by atoms with Gasteiger partial charge in [0.1, 0.15) is 0 Å². The van der Waals surface area contributed by atoms with Crippen LogP contribution in [-0.4, -0.2) is 34.8 Å². The van der Waals surface area contributed by atoms with Crippen LogP contribution in [0.15, 0.2) is 0 Å². The maximum atomic E-state index is 9.51. The van der Waals surface area contributed by atoms with Crippen LogP contribution >= 0.6 is 11.8 Å². The maximum Gasteiger partial charge on any atom is 0.0541 e. The highest BCUT2D eigenvalue weighted by atomic mass is 32.2. The summed E-state index contributed by atoms with van der Waals surface area (Å²) in [6.45, 7) is 1.18. The molecule has 0 bridgehead atoms. The summed E-state index contributed by atoms with van der Waals surface area (Å²) in [7, 11) is 0. The van der Waals surface area contributed by atoms with Crippen LogP contribution in [0.2, 0.25) is 0 Å². The molecular weight excluding hydrogens is 230 g/mol. The van der Waals surface area contributed by atoms with E-state index >= 15 is 0 Å². The van der Waals surface area contributed by atoms with Crippen molar-refractivity contribution >= 4 is 11.8 Å². The third-order valence-electron chi connectivity index (χ3n) is 4.61. The van der Waals surface area contributed by atoms with E-state index in [-0.39, 0.29) is 6.10 Å². The molecule has 0 aromatic carbocycles. The first-order valence-corrected chi connectivity index (χ1v) is 8.43. The monoisotopic (exact) mass is 257 g/mol. The molecule has 0 radical (unpaired) electrons. The molecule has 100 valence electrons. The van der Waals surface area contributed by atoms with Crippen LogP contribution in [0.25, 0.3) is 0 Å². The van der Waals surface area contributed by atoms with E-state index in [4.69, 9.17) is 0 Å². The van der Waals surface area contributed by atoms with Crippen LogP contribution in [0.4, 0.5) is 0 Å². The van der Waals surface area contributed by atoms with Gasteiger partial charge >= 0.3 is 0 Å². The Bertz CT molecular complexity index is 220. The zero-order valence-corrected chi connectivity index (χ0v) is 11.9. The molecule has 0 spiro atoms. The first kappa shape index (κ1) is 13.7. The Hall–Kier alpha value is 0.270. The molecule has 0 heterocycles. The van der Waals surface area contributed by atoms with Crippen molar-refractivity contribution in [2.24, 2.45) is 0 Å². The van der Waals surface area contributed by atoms with Gasteiger partial charge in [-0.2, -0.15) is 11.8 Å². The summed E-state index contributed by atoms with van der Waals surface area (Å²) in [6.07, 6.45) is 13.6. The van der Waals surface area contributed by atoms with Gasteiger partial charge in [-0.05, 0) is 44.8 Å². The van der Waals surface area contributed by atoms with Crippen LogP contribution in [0.3, 0.4) is 0 Å². The lowest BCUT2D eigenvalue weighted by Crippen LogP contribution is -2.45. The number of aliphatic hydroxyl groups is 1. The second-order valence-electron chi connectivity index (χ2n) is 5.83. The number of rotatable bonds is 4. The minimum Gasteiger partial charge on any atom is -0.393 e. The molecule has 2 rings (SSSR count). The fourth-order valence-electron chi connectivity index (χ4n) is 3.26. The van der Waals surface area contributed by atoms with E-state index in [2.05, 4.69) is 23.3 Å². The topological polar surface area (TPSA) is 32.3 Å². The van der Waals surface area contributed by atoms with Crippen LogP contribution in [0, 0.1) is 0 Å². The minimum absolute atomic E-state index is 0.0303. The standard InChI is InChI=1S/C14H27NOS/c1-17-14(9-3-2-4-10-14)11-15-12-5-7-13(16)8-6-12/h12-13,15-16H,2-11H2,1H3. The Balaban J connectivity index is 1.75. The van der Waals surface area contributed by atoms with Crippen LogP contribution in [0.1, 0.15) is 57.8 Å². The number of nitrogens with one attached hydrogen (secondary N) is 1. The lowest BCUT2D eigenvalue weighted by Gasteiger charge is -2.38. The average molecular weight is 257 g/mol. The van der Waals surface area contributed by atoms with Gasteiger partial charge in [-0.15, -0.1) is 0 Å². The molecule has 2 nitrogen and oxygen atoms in total. The quantitative estimate of drug-likeness (QED) is 0.812. The first-order chi connectivity index (χ1) is 8.24. The molecule has 0 atom stereocenters. The molecular formula is C14H27NOS. The van der Waals surface area contributed by atoms with E-state index in [0.717, 1.165) is 25.7 Å². The van der Waals surface area contributed by atoms with Gasteiger partial charge < -0.3 is 10.4 Å². The lowest BCUT2D eigenvalue weighted by atomic mass is 9.87. The van der Waals surface area contributed by atoms with Crippen molar-refractivity contribution in [1.82, 2.24) is 5.32 Å². The van der Waals surface area contributed by atoms with E-state index in [9.17, 15) is 5.11 Å². The molecule has 3 heteroatoms. The summed E-state index contributed by atoms with van der Waals surface area (Å²) in [5.74, 6) is 0. The van der Waals surface area contributed by atoms with Crippen molar-refractivity contribution in [3.63, 3.8) is 0 Å². The van der Waals surface area contributed by atoms with E-state index < -0.39 is 0 Å². The Morgan fingerprint density at radius 2 is 1.76 bits per heavy atom. The van der Waals surface area contributed by atoms with Crippen LogP contribution in [-0.2, 0) is 0 Å². The fourth-order valence-corrected chi connectivity index (χ4v) is 4.18. The molecule has 0 amide bonds. The zero-order valence-electron chi connectivity index (χ0n) is 11.1. The number of hydrogen-bond donors (Lipinski definition) is 2. The normalized spacial score (nSPS) is 33.5. The maximum absolute atomic E-state index is 9.51. The smallest absolute Gasteiger partial charge is 0.0541 e. The molecule has 17 heavy (non-hydrogen) atoms. The van der Waals surface area contributed by atoms with Gasteiger partial charge in [-0.1, -0.05) is 19.3 Å². The van der Waals surface area contributed by atoms with Gasteiger partial charge in [0, 0.05) is 17.3 Å². The minimum atomic E-state index is -0.0303. The molecule has 2 saturated carbocycles. The van der Waals surface area contributed by atoms with Crippen molar-refractivity contribution in [3.05, 3.63) is 0 Å². The van der Waals surface area contributed by atoms with Gasteiger partial charge in [-0.3, -0.25) is 0 Å². The predicted octanol–water partition coefficient (Wildman–Crippen LogP) is 2.95. The van der Waals surface area contributed by atoms with Gasteiger partial charge in [0.15, 0.2) is 0 Å². The summed E-state index contributed by atoms with van der Waals surface area (Å²) in [4.78, 5) is 0. The van der Waals surface area contributed by atoms with Crippen molar-refractivity contribution in [3.8, 4) is 0 Å². The fraction of sp³-hybridized carbons (Fsp3) is 1.00. The van der Waals surface area contributed by atoms with E-state index in [1.54, 1.807) is 0 Å². The average Bonchev–Trinajstić information content (AvgIpc) is 2.39. The summed E-state index contributed by atoms with van der Waals surface area (Å²) in [5.41, 5.74) is 0. The third kappa shape index (κ3) is 3.87. The SMILES string of the molecule is CSC1(CNC2CCC(O)CC2)CCCCC1. The number of thioether (sulfide) groups is 1. The molecule has 0 aliphatic heterocycles.